The van der Waals surface area contributed by atoms with Crippen LogP contribution in [0, 0.1) is 12.7 Å². The maximum atomic E-state index is 13.5. The number of halogens is 1. The van der Waals surface area contributed by atoms with E-state index in [0.29, 0.717) is 29.5 Å². The van der Waals surface area contributed by atoms with Gasteiger partial charge in [0.15, 0.2) is 10.8 Å². The second-order valence-corrected chi connectivity index (χ2v) is 5.29. The van der Waals surface area contributed by atoms with Crippen LogP contribution in [-0.2, 0) is 11.3 Å². The van der Waals surface area contributed by atoms with Crippen LogP contribution in [0.3, 0.4) is 0 Å². The van der Waals surface area contributed by atoms with Crippen LogP contribution in [0.4, 0.5) is 9.52 Å². The summed E-state index contributed by atoms with van der Waals surface area (Å²) in [6, 6.07) is 6.53. The zero-order valence-corrected chi connectivity index (χ0v) is 12.1. The molecule has 0 aliphatic rings. The summed E-state index contributed by atoms with van der Waals surface area (Å²) >= 11 is 1.35. The highest BCUT2D eigenvalue weighted by Gasteiger charge is 2.16. The van der Waals surface area contributed by atoms with Gasteiger partial charge in [-0.05, 0) is 19.9 Å². The van der Waals surface area contributed by atoms with E-state index in [0.717, 1.165) is 4.88 Å². The molecule has 20 heavy (non-hydrogen) atoms. The van der Waals surface area contributed by atoms with E-state index in [1.54, 1.807) is 32.0 Å². The van der Waals surface area contributed by atoms with Crippen molar-refractivity contribution < 1.29 is 13.9 Å². The number of carbonyl (C=O) groups is 1. The van der Waals surface area contributed by atoms with Gasteiger partial charge >= 0.3 is 5.97 Å². The average Bonchev–Trinajstić information content (AvgIpc) is 2.79. The van der Waals surface area contributed by atoms with Gasteiger partial charge in [-0.2, -0.15) is 0 Å². The normalized spacial score (nSPS) is 10.3. The molecule has 1 aromatic heterocycles. The molecule has 0 radical (unpaired) electrons. The molecule has 0 aliphatic carbocycles. The lowest BCUT2D eigenvalue weighted by Gasteiger charge is -2.03. The molecular formula is C14H15FN2O2S. The number of benzene rings is 1. The Labute approximate surface area is 120 Å². The first-order chi connectivity index (χ1) is 9.61. The summed E-state index contributed by atoms with van der Waals surface area (Å²) in [5, 5.41) is 3.60. The smallest absolute Gasteiger partial charge is 0.358 e. The third-order valence-corrected chi connectivity index (χ3v) is 3.58. The summed E-state index contributed by atoms with van der Waals surface area (Å²) in [4.78, 5) is 16.6. The van der Waals surface area contributed by atoms with Crippen molar-refractivity contribution in [2.45, 2.75) is 20.4 Å². The van der Waals surface area contributed by atoms with Crippen molar-refractivity contribution in [1.82, 2.24) is 4.98 Å². The molecule has 1 aromatic carbocycles. The molecule has 1 heterocycles. The second kappa shape index (κ2) is 6.47. The number of aromatic nitrogens is 1. The van der Waals surface area contributed by atoms with Crippen molar-refractivity contribution in [3.05, 3.63) is 46.2 Å². The maximum absolute atomic E-state index is 13.5. The Balaban J connectivity index is 2.06. The lowest BCUT2D eigenvalue weighted by Crippen LogP contribution is -2.07. The van der Waals surface area contributed by atoms with Crippen LogP contribution in [0.25, 0.3) is 0 Å². The van der Waals surface area contributed by atoms with Crippen molar-refractivity contribution in [3.8, 4) is 0 Å². The first-order valence-electron chi connectivity index (χ1n) is 6.23. The van der Waals surface area contributed by atoms with Crippen LogP contribution in [0.5, 0.6) is 0 Å². The molecule has 6 heteroatoms. The fraction of sp³-hybridized carbons (Fsp3) is 0.286. The molecule has 0 saturated carbocycles. The summed E-state index contributed by atoms with van der Waals surface area (Å²) in [6.45, 7) is 4.19. The number of hydrogen-bond donors (Lipinski definition) is 1. The zero-order chi connectivity index (χ0) is 14.5. The van der Waals surface area contributed by atoms with Gasteiger partial charge in [-0.3, -0.25) is 0 Å². The van der Waals surface area contributed by atoms with E-state index in [1.807, 2.05) is 0 Å². The van der Waals surface area contributed by atoms with Gasteiger partial charge in [0.2, 0.25) is 0 Å². The van der Waals surface area contributed by atoms with Crippen LogP contribution >= 0.6 is 11.3 Å². The highest BCUT2D eigenvalue weighted by atomic mass is 32.1. The van der Waals surface area contributed by atoms with Crippen molar-refractivity contribution in [2.75, 3.05) is 11.9 Å². The molecule has 0 atom stereocenters. The van der Waals surface area contributed by atoms with E-state index in [4.69, 9.17) is 4.74 Å². The minimum Gasteiger partial charge on any atom is -0.461 e. The summed E-state index contributed by atoms with van der Waals surface area (Å²) in [7, 11) is 0. The largest absolute Gasteiger partial charge is 0.461 e. The average molecular weight is 294 g/mol. The van der Waals surface area contributed by atoms with Crippen molar-refractivity contribution in [1.29, 1.82) is 0 Å². The van der Waals surface area contributed by atoms with E-state index >= 15 is 0 Å². The van der Waals surface area contributed by atoms with Crippen LogP contribution in [0.2, 0.25) is 0 Å². The number of esters is 1. The van der Waals surface area contributed by atoms with E-state index in [2.05, 4.69) is 10.3 Å². The van der Waals surface area contributed by atoms with E-state index < -0.39 is 5.97 Å². The van der Waals surface area contributed by atoms with Crippen LogP contribution < -0.4 is 5.32 Å². The molecule has 1 N–H and O–H groups in total. The number of aryl methyl sites for hydroxylation is 1. The molecule has 2 rings (SSSR count). The number of nitrogens with one attached hydrogen (secondary N) is 1. The third-order valence-electron chi connectivity index (χ3n) is 2.65. The zero-order valence-electron chi connectivity index (χ0n) is 11.3. The standard InChI is InChI=1S/C14H15FN2O2S/c1-3-19-13(18)12-9(2)20-14(17-12)16-8-10-6-4-5-7-11(10)15/h4-7H,3,8H2,1-2H3,(H,16,17). The molecule has 0 unspecified atom stereocenters. The Morgan fingerprint density at radius 2 is 2.20 bits per heavy atom. The number of thiazole rings is 1. The summed E-state index contributed by atoms with van der Waals surface area (Å²) < 4.78 is 18.4. The monoisotopic (exact) mass is 294 g/mol. The van der Waals surface area contributed by atoms with Gasteiger partial charge in [0.05, 0.1) is 6.61 Å². The maximum Gasteiger partial charge on any atom is 0.358 e. The van der Waals surface area contributed by atoms with E-state index in [-0.39, 0.29) is 5.82 Å². The Hall–Kier alpha value is -1.95. The van der Waals surface area contributed by atoms with Gasteiger partial charge in [0.1, 0.15) is 5.82 Å². The Kier molecular flexibility index (Phi) is 4.68. The quantitative estimate of drug-likeness (QED) is 0.859. The fourth-order valence-corrected chi connectivity index (χ4v) is 2.47. The SMILES string of the molecule is CCOC(=O)c1nc(NCc2ccccc2F)sc1C. The Morgan fingerprint density at radius 1 is 1.45 bits per heavy atom. The van der Waals surface area contributed by atoms with Crippen LogP contribution in [-0.4, -0.2) is 17.6 Å². The molecule has 0 fully saturated rings. The molecule has 4 nitrogen and oxygen atoms in total. The number of rotatable bonds is 5. The summed E-state index contributed by atoms with van der Waals surface area (Å²) in [6.07, 6.45) is 0. The number of hydrogen-bond acceptors (Lipinski definition) is 5. The predicted molar refractivity (Wildman–Crippen MR) is 76.5 cm³/mol. The van der Waals surface area contributed by atoms with Crippen molar-refractivity contribution >= 4 is 22.4 Å². The third kappa shape index (κ3) is 3.33. The lowest BCUT2D eigenvalue weighted by atomic mass is 10.2. The lowest BCUT2D eigenvalue weighted by molar-refractivity contribution is 0.0519. The minimum absolute atomic E-state index is 0.265. The Morgan fingerprint density at radius 3 is 2.90 bits per heavy atom. The molecule has 0 spiro atoms. The summed E-state index contributed by atoms with van der Waals surface area (Å²) in [5.74, 6) is -0.695. The van der Waals surface area contributed by atoms with Gasteiger partial charge in [0, 0.05) is 17.0 Å². The van der Waals surface area contributed by atoms with Gasteiger partial charge in [-0.1, -0.05) is 18.2 Å². The number of nitrogens with zero attached hydrogens (tertiary/aromatic N) is 1. The van der Waals surface area contributed by atoms with Gasteiger partial charge in [0.25, 0.3) is 0 Å². The topological polar surface area (TPSA) is 51.2 Å². The van der Waals surface area contributed by atoms with Crippen LogP contribution in [0.15, 0.2) is 24.3 Å². The molecule has 2 aromatic rings. The van der Waals surface area contributed by atoms with E-state index in [1.165, 1.54) is 17.4 Å². The molecule has 106 valence electrons. The van der Waals surface area contributed by atoms with Crippen molar-refractivity contribution in [2.24, 2.45) is 0 Å². The summed E-state index contributed by atoms with van der Waals surface area (Å²) in [5.41, 5.74) is 0.867. The minimum atomic E-state index is -0.430. The van der Waals surface area contributed by atoms with Gasteiger partial charge < -0.3 is 10.1 Å². The predicted octanol–water partition coefficient (Wildman–Crippen LogP) is 3.38. The fourth-order valence-electron chi connectivity index (χ4n) is 1.67. The number of ether oxygens (including phenoxy) is 1. The first-order valence-corrected chi connectivity index (χ1v) is 7.05. The molecule has 0 amide bonds. The molecule has 0 aliphatic heterocycles. The first kappa shape index (κ1) is 14.5. The highest BCUT2D eigenvalue weighted by Crippen LogP contribution is 2.23. The molecule has 0 saturated heterocycles. The van der Waals surface area contributed by atoms with Gasteiger partial charge in [-0.25, -0.2) is 14.2 Å². The number of carbonyl (C=O) groups excluding carboxylic acids is 1. The molecule has 0 bridgehead atoms. The number of anilines is 1. The Bertz CT molecular complexity index is 613. The van der Waals surface area contributed by atoms with E-state index in [9.17, 15) is 9.18 Å². The highest BCUT2D eigenvalue weighted by molar-refractivity contribution is 7.15. The van der Waals surface area contributed by atoms with Gasteiger partial charge in [-0.15, -0.1) is 11.3 Å². The molecular weight excluding hydrogens is 279 g/mol. The van der Waals surface area contributed by atoms with Crippen molar-refractivity contribution in [3.63, 3.8) is 0 Å². The second-order valence-electron chi connectivity index (χ2n) is 4.09. The van der Waals surface area contributed by atoms with Crippen LogP contribution in [0.1, 0.15) is 27.9 Å².